The van der Waals surface area contributed by atoms with Gasteiger partial charge in [0.25, 0.3) is 5.91 Å². The number of nitrogens with zero attached hydrogens (tertiary/aromatic N) is 3. The molecule has 1 saturated carbocycles. The van der Waals surface area contributed by atoms with E-state index in [-0.39, 0.29) is 47.8 Å². The molecule has 1 aromatic rings. The van der Waals surface area contributed by atoms with Gasteiger partial charge in [-0.1, -0.05) is 33.1 Å². The first kappa shape index (κ1) is 30.5. The summed E-state index contributed by atoms with van der Waals surface area (Å²) in [5.74, 6) is -1.12. The van der Waals surface area contributed by atoms with Crippen molar-refractivity contribution in [3.05, 3.63) is 29.8 Å². The van der Waals surface area contributed by atoms with E-state index in [0.717, 1.165) is 37.8 Å². The van der Waals surface area contributed by atoms with E-state index in [1.807, 2.05) is 45.0 Å². The van der Waals surface area contributed by atoms with Gasteiger partial charge in [-0.2, -0.15) is 0 Å². The maximum Gasteiger partial charge on any atom is 0.251 e. The van der Waals surface area contributed by atoms with Crippen LogP contribution in [0.1, 0.15) is 76.1 Å². The Morgan fingerprint density at radius 3 is 2.17 bits per heavy atom. The molecular weight excluding hydrogens is 522 g/mol. The van der Waals surface area contributed by atoms with Crippen molar-refractivity contribution in [1.29, 1.82) is 0 Å². The molecule has 4 rings (SSSR count). The molecule has 41 heavy (non-hydrogen) atoms. The van der Waals surface area contributed by atoms with Crippen LogP contribution in [0.15, 0.2) is 24.3 Å². The number of rotatable bonds is 9. The predicted octanol–water partition coefficient (Wildman–Crippen LogP) is 2.36. The van der Waals surface area contributed by atoms with Crippen molar-refractivity contribution in [2.75, 3.05) is 32.1 Å². The Bertz CT molecular complexity index is 1140. The van der Waals surface area contributed by atoms with Crippen LogP contribution in [0, 0.1) is 11.8 Å². The van der Waals surface area contributed by atoms with E-state index in [1.165, 1.54) is 6.92 Å². The van der Waals surface area contributed by atoms with Crippen LogP contribution in [0.4, 0.5) is 5.69 Å². The summed E-state index contributed by atoms with van der Waals surface area (Å²) in [5.41, 5.74) is 1.42. The van der Waals surface area contributed by atoms with E-state index in [0.29, 0.717) is 24.9 Å². The highest BCUT2D eigenvalue weighted by Crippen LogP contribution is 2.34. The molecule has 2 saturated heterocycles. The Hall–Kier alpha value is -3.43. The van der Waals surface area contributed by atoms with Crippen LogP contribution in [0.3, 0.4) is 0 Å². The summed E-state index contributed by atoms with van der Waals surface area (Å²) in [6.07, 6.45) is 5.80. The second-order valence-electron chi connectivity index (χ2n) is 12.4. The summed E-state index contributed by atoms with van der Waals surface area (Å²) >= 11 is 0. The standard InChI is InChI=1S/C31H45N5O5/c1-19(2)17-24(33-29(39)22-11-13-23(14-12-22)34(4)5)30(40)35-16-15-25-28(35)26(38)18-36(25)31(41)27(32-20(3)37)21-9-7-6-8-10-21/h11-14,19,21,24-25,27-28H,6-10,15-18H2,1-5H3,(H,32,37)(H,33,39). The van der Waals surface area contributed by atoms with Crippen molar-refractivity contribution in [3.63, 3.8) is 0 Å². The zero-order chi connectivity index (χ0) is 29.8. The number of ketones is 1. The summed E-state index contributed by atoms with van der Waals surface area (Å²) in [6.45, 7) is 5.65. The van der Waals surface area contributed by atoms with E-state index in [2.05, 4.69) is 10.6 Å². The van der Waals surface area contributed by atoms with Crippen LogP contribution < -0.4 is 15.5 Å². The molecule has 10 nitrogen and oxygen atoms in total. The lowest BCUT2D eigenvalue weighted by Crippen LogP contribution is -2.55. The van der Waals surface area contributed by atoms with Gasteiger partial charge in [0, 0.05) is 38.8 Å². The zero-order valence-corrected chi connectivity index (χ0v) is 25.0. The lowest BCUT2D eigenvalue weighted by atomic mass is 9.83. The minimum Gasteiger partial charge on any atom is -0.378 e. The molecule has 1 aliphatic carbocycles. The number of Topliss-reactive ketones (excluding diaryl/α,β-unsaturated/α-hetero) is 1. The van der Waals surface area contributed by atoms with Gasteiger partial charge in [-0.05, 0) is 61.8 Å². The molecule has 4 amide bonds. The number of nitrogens with one attached hydrogen (secondary N) is 2. The third-order valence-electron chi connectivity index (χ3n) is 8.69. The van der Waals surface area contributed by atoms with Gasteiger partial charge in [-0.3, -0.25) is 24.0 Å². The Labute approximate surface area is 243 Å². The van der Waals surface area contributed by atoms with Crippen LogP contribution in [0.2, 0.25) is 0 Å². The molecule has 2 aliphatic heterocycles. The maximum absolute atomic E-state index is 13.9. The number of hydrogen-bond donors (Lipinski definition) is 2. The van der Waals surface area contributed by atoms with Gasteiger partial charge in [0.15, 0.2) is 5.78 Å². The van der Waals surface area contributed by atoms with Crippen LogP contribution in [0.25, 0.3) is 0 Å². The van der Waals surface area contributed by atoms with Crippen molar-refractivity contribution in [1.82, 2.24) is 20.4 Å². The smallest absolute Gasteiger partial charge is 0.251 e. The van der Waals surface area contributed by atoms with Crippen molar-refractivity contribution >= 4 is 35.1 Å². The van der Waals surface area contributed by atoms with Gasteiger partial charge in [0.1, 0.15) is 18.1 Å². The molecule has 2 N–H and O–H groups in total. The Morgan fingerprint density at radius 2 is 1.59 bits per heavy atom. The topological polar surface area (TPSA) is 119 Å². The Morgan fingerprint density at radius 1 is 0.927 bits per heavy atom. The van der Waals surface area contributed by atoms with Crippen LogP contribution in [-0.4, -0.2) is 90.6 Å². The SMILES string of the molecule is CC(=O)NC(C(=O)N1CC(=O)C2C1CCN2C(=O)C(CC(C)C)NC(=O)c1ccc(N(C)C)cc1)C1CCCCC1. The number of anilines is 1. The molecular formula is C31H45N5O5. The first-order valence-corrected chi connectivity index (χ1v) is 15.0. The van der Waals surface area contributed by atoms with Gasteiger partial charge < -0.3 is 25.3 Å². The normalized spacial score (nSPS) is 22.3. The molecule has 4 atom stereocenters. The molecule has 10 heteroatoms. The second kappa shape index (κ2) is 13.0. The molecule has 0 aromatic heterocycles. The van der Waals surface area contributed by atoms with E-state index >= 15 is 0 Å². The number of amides is 4. The molecule has 3 aliphatic rings. The fourth-order valence-electron chi connectivity index (χ4n) is 6.65. The highest BCUT2D eigenvalue weighted by atomic mass is 16.2. The number of benzene rings is 1. The van der Waals surface area contributed by atoms with Crippen LogP contribution in [-0.2, 0) is 19.2 Å². The lowest BCUT2D eigenvalue weighted by Gasteiger charge is -2.34. The number of carbonyl (C=O) groups is 5. The second-order valence-corrected chi connectivity index (χ2v) is 12.4. The number of carbonyl (C=O) groups excluding carboxylic acids is 5. The van der Waals surface area contributed by atoms with Crippen LogP contribution >= 0.6 is 0 Å². The minimum absolute atomic E-state index is 0.0471. The summed E-state index contributed by atoms with van der Waals surface area (Å²) in [7, 11) is 3.84. The lowest BCUT2D eigenvalue weighted by molar-refractivity contribution is -0.139. The quantitative estimate of drug-likeness (QED) is 0.473. The molecule has 0 spiro atoms. The third kappa shape index (κ3) is 6.90. The fourth-order valence-corrected chi connectivity index (χ4v) is 6.65. The van der Waals surface area contributed by atoms with E-state index in [9.17, 15) is 24.0 Å². The van der Waals surface area contributed by atoms with E-state index < -0.39 is 24.2 Å². The first-order valence-electron chi connectivity index (χ1n) is 15.0. The van der Waals surface area contributed by atoms with Crippen molar-refractivity contribution in [2.24, 2.45) is 11.8 Å². The highest BCUT2D eigenvalue weighted by Gasteiger charge is 2.53. The summed E-state index contributed by atoms with van der Waals surface area (Å²) in [6, 6.07) is 4.56. The largest absolute Gasteiger partial charge is 0.378 e. The summed E-state index contributed by atoms with van der Waals surface area (Å²) < 4.78 is 0. The highest BCUT2D eigenvalue weighted by molar-refractivity contribution is 6.01. The number of hydrogen-bond acceptors (Lipinski definition) is 6. The van der Waals surface area contributed by atoms with Gasteiger partial charge >= 0.3 is 0 Å². The van der Waals surface area contributed by atoms with Gasteiger partial charge in [-0.15, -0.1) is 0 Å². The summed E-state index contributed by atoms with van der Waals surface area (Å²) in [4.78, 5) is 71.2. The predicted molar refractivity (Wildman–Crippen MR) is 156 cm³/mol. The molecule has 2 heterocycles. The Kier molecular flexibility index (Phi) is 9.71. The first-order chi connectivity index (χ1) is 19.5. The average molecular weight is 568 g/mol. The van der Waals surface area contributed by atoms with Crippen molar-refractivity contribution in [2.45, 2.75) is 89.9 Å². The van der Waals surface area contributed by atoms with Gasteiger partial charge in [0.2, 0.25) is 17.7 Å². The number of likely N-dealkylation sites (tertiary alicyclic amines) is 2. The summed E-state index contributed by atoms with van der Waals surface area (Å²) in [5, 5.41) is 5.79. The van der Waals surface area contributed by atoms with E-state index in [1.54, 1.807) is 21.9 Å². The zero-order valence-electron chi connectivity index (χ0n) is 25.0. The minimum atomic E-state index is -0.790. The van der Waals surface area contributed by atoms with Crippen molar-refractivity contribution < 1.29 is 24.0 Å². The molecule has 3 fully saturated rings. The van der Waals surface area contributed by atoms with Gasteiger partial charge in [-0.25, -0.2) is 0 Å². The molecule has 1 aromatic carbocycles. The Balaban J connectivity index is 1.49. The van der Waals surface area contributed by atoms with E-state index in [4.69, 9.17) is 0 Å². The monoisotopic (exact) mass is 567 g/mol. The third-order valence-corrected chi connectivity index (χ3v) is 8.69. The van der Waals surface area contributed by atoms with Crippen LogP contribution in [0.5, 0.6) is 0 Å². The van der Waals surface area contributed by atoms with Gasteiger partial charge in [0.05, 0.1) is 12.6 Å². The maximum atomic E-state index is 13.9. The molecule has 0 radical (unpaired) electrons. The molecule has 224 valence electrons. The number of fused-ring (bicyclic) bond motifs is 1. The average Bonchev–Trinajstić information content (AvgIpc) is 3.52. The molecule has 4 unspecified atom stereocenters. The fraction of sp³-hybridized carbons (Fsp3) is 0.645. The van der Waals surface area contributed by atoms with Crippen molar-refractivity contribution in [3.8, 4) is 0 Å². The molecule has 0 bridgehead atoms.